The van der Waals surface area contributed by atoms with Gasteiger partial charge in [0.1, 0.15) is 12.4 Å². The number of benzene rings is 1. The summed E-state index contributed by atoms with van der Waals surface area (Å²) < 4.78 is 7.59. The number of fused-ring (bicyclic) bond motifs is 2. The van der Waals surface area contributed by atoms with Crippen LogP contribution in [0.1, 0.15) is 24.4 Å². The minimum Gasteiger partial charge on any atom is -0.492 e. The van der Waals surface area contributed by atoms with Crippen LogP contribution in [0.5, 0.6) is 5.75 Å². The highest BCUT2D eigenvalue weighted by Crippen LogP contribution is 2.27. The van der Waals surface area contributed by atoms with Crippen molar-refractivity contribution in [3.05, 3.63) is 60.0 Å². The molecule has 6 heteroatoms. The molecule has 2 atom stereocenters. The standard InChI is InChI=1S/C18H18N4O2/c1-12(17-21-20-16-8-4-5-9-22(16)17)19-18(23)14-10-13-6-2-3-7-15(13)24-11-14/h2-9,12,14H,10-11H2,1H3,(H,19,23)/t12-,14+/m0/s1. The van der Waals surface area contributed by atoms with Crippen molar-refractivity contribution in [1.82, 2.24) is 19.9 Å². The van der Waals surface area contributed by atoms with E-state index in [1.807, 2.05) is 60.0 Å². The summed E-state index contributed by atoms with van der Waals surface area (Å²) in [6.07, 6.45) is 2.59. The van der Waals surface area contributed by atoms with Crippen LogP contribution >= 0.6 is 0 Å². The minimum absolute atomic E-state index is 0.0234. The number of para-hydroxylation sites is 1. The van der Waals surface area contributed by atoms with Crippen LogP contribution in [0.15, 0.2) is 48.7 Å². The number of ether oxygens (including phenoxy) is 1. The van der Waals surface area contributed by atoms with Crippen molar-refractivity contribution < 1.29 is 9.53 Å². The Morgan fingerprint density at radius 1 is 1.25 bits per heavy atom. The summed E-state index contributed by atoms with van der Waals surface area (Å²) in [5.41, 5.74) is 1.84. The molecule has 0 spiro atoms. The van der Waals surface area contributed by atoms with Crippen LogP contribution in [0.4, 0.5) is 0 Å². The van der Waals surface area contributed by atoms with Gasteiger partial charge in [-0.3, -0.25) is 9.20 Å². The molecule has 24 heavy (non-hydrogen) atoms. The second-order valence-electron chi connectivity index (χ2n) is 6.04. The Balaban J connectivity index is 1.48. The fraction of sp³-hybridized carbons (Fsp3) is 0.278. The number of amides is 1. The SMILES string of the molecule is C[C@H](NC(=O)[C@H]1COc2ccccc2C1)c1nnc2ccccn12. The van der Waals surface area contributed by atoms with Gasteiger partial charge in [-0.15, -0.1) is 10.2 Å². The molecule has 122 valence electrons. The van der Waals surface area contributed by atoms with Gasteiger partial charge in [-0.05, 0) is 37.1 Å². The van der Waals surface area contributed by atoms with Gasteiger partial charge in [0.2, 0.25) is 5.91 Å². The highest BCUT2D eigenvalue weighted by molar-refractivity contribution is 5.80. The lowest BCUT2D eigenvalue weighted by atomic mass is 9.96. The zero-order valence-corrected chi connectivity index (χ0v) is 13.3. The van der Waals surface area contributed by atoms with Crippen molar-refractivity contribution in [2.75, 3.05) is 6.61 Å². The van der Waals surface area contributed by atoms with E-state index in [1.165, 1.54) is 0 Å². The zero-order valence-electron chi connectivity index (χ0n) is 13.3. The molecular formula is C18H18N4O2. The quantitative estimate of drug-likeness (QED) is 0.802. The average molecular weight is 322 g/mol. The first-order chi connectivity index (χ1) is 11.7. The highest BCUT2D eigenvalue weighted by Gasteiger charge is 2.27. The van der Waals surface area contributed by atoms with E-state index in [0.29, 0.717) is 13.0 Å². The molecule has 3 aromatic rings. The van der Waals surface area contributed by atoms with Crippen LogP contribution in [0.25, 0.3) is 5.65 Å². The third-order valence-electron chi connectivity index (χ3n) is 4.34. The largest absolute Gasteiger partial charge is 0.492 e. The van der Waals surface area contributed by atoms with Crippen molar-refractivity contribution >= 4 is 11.6 Å². The number of aromatic nitrogens is 3. The third kappa shape index (κ3) is 2.60. The van der Waals surface area contributed by atoms with E-state index in [-0.39, 0.29) is 17.9 Å². The Morgan fingerprint density at radius 2 is 2.08 bits per heavy atom. The lowest BCUT2D eigenvalue weighted by Gasteiger charge is -2.25. The van der Waals surface area contributed by atoms with E-state index in [0.717, 1.165) is 22.8 Å². The predicted octanol–water partition coefficient (Wildman–Crippen LogP) is 2.16. The Hall–Kier alpha value is -2.89. The summed E-state index contributed by atoms with van der Waals surface area (Å²) >= 11 is 0. The van der Waals surface area contributed by atoms with Gasteiger partial charge < -0.3 is 10.1 Å². The number of carbonyl (C=O) groups excluding carboxylic acids is 1. The Kier molecular flexibility index (Phi) is 3.65. The number of hydrogen-bond donors (Lipinski definition) is 1. The van der Waals surface area contributed by atoms with Crippen molar-refractivity contribution in [3.8, 4) is 5.75 Å². The second-order valence-corrected chi connectivity index (χ2v) is 6.04. The zero-order chi connectivity index (χ0) is 16.5. The normalized spacial score (nSPS) is 17.8. The van der Waals surface area contributed by atoms with Crippen LogP contribution in [0.2, 0.25) is 0 Å². The van der Waals surface area contributed by atoms with Crippen molar-refractivity contribution in [3.63, 3.8) is 0 Å². The first kappa shape index (κ1) is 14.7. The molecule has 1 aliphatic rings. The van der Waals surface area contributed by atoms with Crippen LogP contribution in [-0.4, -0.2) is 27.1 Å². The molecule has 1 aliphatic heterocycles. The van der Waals surface area contributed by atoms with Gasteiger partial charge in [0.15, 0.2) is 11.5 Å². The van der Waals surface area contributed by atoms with Gasteiger partial charge in [-0.1, -0.05) is 24.3 Å². The minimum atomic E-state index is -0.230. The van der Waals surface area contributed by atoms with Crippen molar-refractivity contribution in [2.45, 2.75) is 19.4 Å². The van der Waals surface area contributed by atoms with Gasteiger partial charge >= 0.3 is 0 Å². The maximum absolute atomic E-state index is 12.6. The Bertz CT molecular complexity index is 889. The Morgan fingerprint density at radius 3 is 3.00 bits per heavy atom. The van der Waals surface area contributed by atoms with Gasteiger partial charge in [0.05, 0.1) is 12.0 Å². The first-order valence-electron chi connectivity index (χ1n) is 8.03. The molecule has 0 saturated heterocycles. The van der Waals surface area contributed by atoms with E-state index in [9.17, 15) is 4.79 Å². The summed E-state index contributed by atoms with van der Waals surface area (Å²) in [5, 5.41) is 11.4. The first-order valence-corrected chi connectivity index (χ1v) is 8.03. The summed E-state index contributed by atoms with van der Waals surface area (Å²) in [4.78, 5) is 12.6. The predicted molar refractivity (Wildman–Crippen MR) is 88.7 cm³/mol. The fourth-order valence-corrected chi connectivity index (χ4v) is 3.05. The number of pyridine rings is 1. The van der Waals surface area contributed by atoms with Crippen LogP contribution in [0.3, 0.4) is 0 Å². The molecule has 1 aromatic carbocycles. The molecule has 0 unspecified atom stereocenters. The number of carbonyl (C=O) groups is 1. The van der Waals surface area contributed by atoms with Crippen molar-refractivity contribution in [2.24, 2.45) is 5.92 Å². The van der Waals surface area contributed by atoms with Crippen LogP contribution in [0, 0.1) is 5.92 Å². The molecule has 3 heterocycles. The molecule has 0 bridgehead atoms. The molecule has 4 rings (SSSR count). The number of hydrogen-bond acceptors (Lipinski definition) is 4. The number of nitrogens with one attached hydrogen (secondary N) is 1. The van der Waals surface area contributed by atoms with E-state index in [2.05, 4.69) is 15.5 Å². The van der Waals surface area contributed by atoms with Crippen LogP contribution in [-0.2, 0) is 11.2 Å². The molecule has 0 saturated carbocycles. The molecule has 0 radical (unpaired) electrons. The van der Waals surface area contributed by atoms with E-state index < -0.39 is 0 Å². The van der Waals surface area contributed by atoms with E-state index >= 15 is 0 Å². The third-order valence-corrected chi connectivity index (χ3v) is 4.34. The monoisotopic (exact) mass is 322 g/mol. The maximum atomic E-state index is 12.6. The van der Waals surface area contributed by atoms with Gasteiger partial charge in [-0.25, -0.2) is 0 Å². The molecule has 1 N–H and O–H groups in total. The molecule has 6 nitrogen and oxygen atoms in total. The molecular weight excluding hydrogens is 304 g/mol. The van der Waals surface area contributed by atoms with Gasteiger partial charge in [0, 0.05) is 6.20 Å². The molecule has 1 amide bonds. The number of rotatable bonds is 3. The maximum Gasteiger partial charge on any atom is 0.227 e. The second kappa shape index (κ2) is 5.96. The van der Waals surface area contributed by atoms with Crippen LogP contribution < -0.4 is 10.1 Å². The molecule has 0 aliphatic carbocycles. The van der Waals surface area contributed by atoms with Crippen molar-refractivity contribution in [1.29, 1.82) is 0 Å². The average Bonchev–Trinajstić information content (AvgIpc) is 3.05. The summed E-state index contributed by atoms with van der Waals surface area (Å²) in [6.45, 7) is 2.31. The van der Waals surface area contributed by atoms with Gasteiger partial charge in [-0.2, -0.15) is 0 Å². The highest BCUT2D eigenvalue weighted by atomic mass is 16.5. The Labute approximate surface area is 139 Å². The molecule has 0 fully saturated rings. The van der Waals surface area contributed by atoms with Gasteiger partial charge in [0.25, 0.3) is 0 Å². The van der Waals surface area contributed by atoms with E-state index in [1.54, 1.807) is 0 Å². The van der Waals surface area contributed by atoms with E-state index in [4.69, 9.17) is 4.74 Å². The summed E-state index contributed by atoms with van der Waals surface area (Å²) in [5.74, 6) is 1.38. The summed E-state index contributed by atoms with van der Waals surface area (Å²) in [7, 11) is 0. The smallest absolute Gasteiger partial charge is 0.227 e. The fourth-order valence-electron chi connectivity index (χ4n) is 3.05. The topological polar surface area (TPSA) is 68.5 Å². The lowest BCUT2D eigenvalue weighted by molar-refractivity contribution is -0.127. The summed E-state index contributed by atoms with van der Waals surface area (Å²) in [6, 6.07) is 13.3. The lowest BCUT2D eigenvalue weighted by Crippen LogP contribution is -2.39. The number of nitrogens with zero attached hydrogens (tertiary/aromatic N) is 3. The molecule has 2 aromatic heterocycles.